The fourth-order valence-electron chi connectivity index (χ4n) is 2.19. The van der Waals surface area contributed by atoms with E-state index >= 15 is 0 Å². The summed E-state index contributed by atoms with van der Waals surface area (Å²) >= 11 is 0. The molecule has 1 radical (unpaired) electrons. The topological polar surface area (TPSA) is 3.24 Å². The maximum Gasteiger partial charge on any atom is -0.00127 e. The molecule has 0 aromatic heterocycles. The third-order valence-electron chi connectivity index (χ3n) is 3.07. The second-order valence-electron chi connectivity index (χ2n) is 4.31. The van der Waals surface area contributed by atoms with Crippen molar-refractivity contribution in [3.05, 3.63) is 42.3 Å². The number of hydrogen-bond donors (Lipinski definition) is 0. The molecule has 1 aromatic carbocycles. The van der Waals surface area contributed by atoms with E-state index in [-0.39, 0.29) is 0 Å². The molecular weight excluding hydrogens is 182 g/mol. The van der Waals surface area contributed by atoms with Crippen molar-refractivity contribution in [1.82, 2.24) is 4.90 Å². The number of hydrogen-bond acceptors (Lipinski definition) is 1. The van der Waals surface area contributed by atoms with Gasteiger partial charge in [0, 0.05) is 0 Å². The van der Waals surface area contributed by atoms with E-state index in [1.165, 1.54) is 50.9 Å². The fourth-order valence-corrected chi connectivity index (χ4v) is 2.19. The van der Waals surface area contributed by atoms with E-state index in [4.69, 9.17) is 0 Å². The van der Waals surface area contributed by atoms with Crippen LogP contribution < -0.4 is 0 Å². The largest absolute Gasteiger partial charge is 0.303 e. The summed E-state index contributed by atoms with van der Waals surface area (Å²) in [5.74, 6) is 0. The maximum atomic E-state index is 2.59. The lowest BCUT2D eigenvalue weighted by molar-refractivity contribution is 0.231. The van der Waals surface area contributed by atoms with Crippen molar-refractivity contribution in [3.63, 3.8) is 0 Å². The number of likely N-dealkylation sites (tertiary alicyclic amines) is 1. The molecular formula is C14H20N. The molecule has 0 saturated carbocycles. The second-order valence-corrected chi connectivity index (χ2v) is 4.31. The van der Waals surface area contributed by atoms with E-state index in [2.05, 4.69) is 41.7 Å². The van der Waals surface area contributed by atoms with Gasteiger partial charge in [-0.25, -0.2) is 0 Å². The summed E-state index contributed by atoms with van der Waals surface area (Å²) in [6.07, 6.45) is 7.74. The molecule has 81 valence electrons. The smallest absolute Gasteiger partial charge is 0.00127 e. The Morgan fingerprint density at radius 2 is 1.73 bits per heavy atom. The highest BCUT2D eigenvalue weighted by Crippen LogP contribution is 2.11. The Balaban J connectivity index is 1.66. The van der Waals surface area contributed by atoms with Crippen molar-refractivity contribution < 1.29 is 0 Å². The number of piperidine rings is 1. The van der Waals surface area contributed by atoms with Crippen LogP contribution in [0.15, 0.2) is 30.3 Å². The summed E-state index contributed by atoms with van der Waals surface area (Å²) in [6, 6.07) is 10.6. The highest BCUT2D eigenvalue weighted by Gasteiger charge is 2.08. The number of nitrogens with zero attached hydrogens (tertiary/aromatic N) is 1. The minimum Gasteiger partial charge on any atom is -0.303 e. The van der Waals surface area contributed by atoms with E-state index in [0.717, 1.165) is 0 Å². The van der Waals surface area contributed by atoms with Gasteiger partial charge in [0.25, 0.3) is 0 Å². The van der Waals surface area contributed by atoms with Crippen molar-refractivity contribution in [1.29, 1.82) is 0 Å². The quantitative estimate of drug-likeness (QED) is 0.725. The Morgan fingerprint density at radius 3 is 2.47 bits per heavy atom. The van der Waals surface area contributed by atoms with Gasteiger partial charge in [-0.3, -0.25) is 0 Å². The van der Waals surface area contributed by atoms with Crippen LogP contribution in [-0.4, -0.2) is 24.5 Å². The first kappa shape index (κ1) is 10.7. The number of benzene rings is 1. The minimum atomic E-state index is 1.18. The predicted octanol–water partition coefficient (Wildman–Crippen LogP) is 3.11. The van der Waals surface area contributed by atoms with Gasteiger partial charge in [0.2, 0.25) is 0 Å². The van der Waals surface area contributed by atoms with Crippen LogP contribution in [0, 0.1) is 6.42 Å². The zero-order valence-electron chi connectivity index (χ0n) is 9.36. The van der Waals surface area contributed by atoms with Gasteiger partial charge in [0.15, 0.2) is 0 Å². The minimum absolute atomic E-state index is 1.18. The lowest BCUT2D eigenvalue weighted by atomic mass is 10.1. The van der Waals surface area contributed by atoms with Gasteiger partial charge in [0.05, 0.1) is 0 Å². The third kappa shape index (κ3) is 3.67. The van der Waals surface area contributed by atoms with Crippen LogP contribution in [0.25, 0.3) is 0 Å². The van der Waals surface area contributed by atoms with Gasteiger partial charge in [-0.05, 0) is 50.9 Å². The molecule has 1 aromatic rings. The normalized spacial score (nSPS) is 17.9. The van der Waals surface area contributed by atoms with Crippen LogP contribution in [0.3, 0.4) is 0 Å². The summed E-state index contributed by atoms with van der Waals surface area (Å²) in [6.45, 7) is 3.85. The molecule has 0 atom stereocenters. The van der Waals surface area contributed by atoms with Crippen LogP contribution in [0.1, 0.15) is 31.2 Å². The average Bonchev–Trinajstić information content (AvgIpc) is 2.32. The average molecular weight is 202 g/mol. The van der Waals surface area contributed by atoms with Crippen LogP contribution in [0.4, 0.5) is 0 Å². The number of rotatable bonds is 4. The summed E-state index contributed by atoms with van der Waals surface area (Å²) in [5.41, 5.74) is 1.36. The molecule has 0 unspecified atom stereocenters. The summed E-state index contributed by atoms with van der Waals surface area (Å²) < 4.78 is 0. The van der Waals surface area contributed by atoms with Gasteiger partial charge in [-0.2, -0.15) is 0 Å². The standard InChI is InChI=1S/C14H20N/c1-3-8-14(9-4-1)10-7-13-15-11-5-2-6-12-15/h1,3-4,8-10H,2,5-7,11-13H2. The van der Waals surface area contributed by atoms with E-state index in [9.17, 15) is 0 Å². The predicted molar refractivity (Wildman–Crippen MR) is 64.8 cm³/mol. The zero-order valence-corrected chi connectivity index (χ0v) is 9.36. The molecule has 1 aliphatic heterocycles. The first-order valence-corrected chi connectivity index (χ1v) is 6.06. The Kier molecular flexibility index (Phi) is 4.22. The highest BCUT2D eigenvalue weighted by molar-refractivity contribution is 5.22. The highest BCUT2D eigenvalue weighted by atomic mass is 15.1. The zero-order chi connectivity index (χ0) is 10.3. The van der Waals surface area contributed by atoms with Gasteiger partial charge < -0.3 is 4.90 Å². The molecule has 15 heavy (non-hydrogen) atoms. The van der Waals surface area contributed by atoms with Gasteiger partial charge in [-0.15, -0.1) is 0 Å². The molecule has 1 aliphatic rings. The Labute approximate surface area is 93.1 Å². The van der Waals surface area contributed by atoms with E-state index in [1.54, 1.807) is 0 Å². The fraction of sp³-hybridized carbons (Fsp3) is 0.500. The molecule has 1 saturated heterocycles. The SMILES string of the molecule is [CH](CCN1CCCCC1)c1ccccc1. The van der Waals surface area contributed by atoms with E-state index < -0.39 is 0 Å². The first-order valence-electron chi connectivity index (χ1n) is 6.06. The molecule has 0 bridgehead atoms. The molecule has 1 fully saturated rings. The monoisotopic (exact) mass is 202 g/mol. The lowest BCUT2D eigenvalue weighted by Crippen LogP contribution is -2.30. The van der Waals surface area contributed by atoms with Crippen LogP contribution in [0.2, 0.25) is 0 Å². The first-order chi connectivity index (χ1) is 7.45. The molecule has 1 heteroatoms. The van der Waals surface area contributed by atoms with E-state index in [0.29, 0.717) is 0 Å². The summed E-state index contributed by atoms with van der Waals surface area (Å²) in [4.78, 5) is 2.59. The van der Waals surface area contributed by atoms with Gasteiger partial charge in [-0.1, -0.05) is 36.8 Å². The van der Waals surface area contributed by atoms with Crippen LogP contribution in [-0.2, 0) is 0 Å². The van der Waals surface area contributed by atoms with E-state index in [1.807, 2.05) is 0 Å². The van der Waals surface area contributed by atoms with Gasteiger partial charge in [0.1, 0.15) is 0 Å². The Bertz CT molecular complexity index is 262. The lowest BCUT2D eigenvalue weighted by Gasteiger charge is -2.26. The second kappa shape index (κ2) is 5.92. The molecule has 2 rings (SSSR count). The molecule has 0 spiro atoms. The summed E-state index contributed by atoms with van der Waals surface area (Å²) in [7, 11) is 0. The Hall–Kier alpha value is -0.820. The van der Waals surface area contributed by atoms with Crippen molar-refractivity contribution in [2.45, 2.75) is 25.7 Å². The van der Waals surface area contributed by atoms with Crippen molar-refractivity contribution in [2.24, 2.45) is 0 Å². The molecule has 0 N–H and O–H groups in total. The third-order valence-corrected chi connectivity index (χ3v) is 3.07. The van der Waals surface area contributed by atoms with Crippen LogP contribution in [0.5, 0.6) is 0 Å². The molecule has 1 nitrogen and oxygen atoms in total. The van der Waals surface area contributed by atoms with Gasteiger partial charge >= 0.3 is 0 Å². The van der Waals surface area contributed by atoms with Crippen LogP contribution >= 0.6 is 0 Å². The van der Waals surface area contributed by atoms with Crippen molar-refractivity contribution in [3.8, 4) is 0 Å². The maximum absolute atomic E-state index is 2.59. The van der Waals surface area contributed by atoms with Crippen molar-refractivity contribution >= 4 is 0 Å². The molecule has 0 amide bonds. The summed E-state index contributed by atoms with van der Waals surface area (Å²) in [5, 5.41) is 0. The van der Waals surface area contributed by atoms with Crippen molar-refractivity contribution in [2.75, 3.05) is 19.6 Å². The molecule has 0 aliphatic carbocycles. The Morgan fingerprint density at radius 1 is 1.00 bits per heavy atom. The molecule has 1 heterocycles.